The smallest absolute Gasteiger partial charge is 0.215 e. The van der Waals surface area contributed by atoms with Gasteiger partial charge in [0.2, 0.25) is 5.88 Å². The summed E-state index contributed by atoms with van der Waals surface area (Å²) in [6.45, 7) is 10.9. The normalized spacial score (nSPS) is 10.2. The molecule has 0 unspecified atom stereocenters. The standard InChI is InChI=1S/C16H15ClFN3O.C15H14ClFN2O.C11H15NO3.C10H15NO2.C9H11NO2.C7H8ClNO2.C5H4ClNO.CH4/c1-2-3-13-15-10(6-7-20-13)14(16(19)22-15)21-9-4-5-12(18)11(17)8-9;1-2-3-14-15(20)10(6-7-18-14)9-19-11-4-5-13(17)12(16)8-11;1-3-4-10-11(15-8-14-2)9(7-13)5-6-12-10;1-3-5-9-10(13-8-12-2)6-4-7-11-9;1-2-3-8-9(12)7(6-11)4-5-10-8;1-10-5-11-6-3-2-4-9-7(6)8;6-5-4(8)2-1-3-7-5;/h4-8,21H,2-3,19H2,1H3;4-9,20H,2-3H2,1H3;5-7H,3-4,8H2,1-2H3;4,6-7H,3,5,8H2,1-2H3;4-6,12H,2-3H2,1H3;2-4H,5H2,1H3;1-3,8H;1H4. The molecule has 0 aliphatic rings. The molecule has 0 saturated carbocycles. The largest absolute Gasteiger partial charge is 0.505 e. The number of aryl methyl sites for hydroxylation is 5. The van der Waals surface area contributed by atoms with Gasteiger partial charge in [0.05, 0.1) is 55.3 Å². The summed E-state index contributed by atoms with van der Waals surface area (Å²) in [5.41, 5.74) is 13.8. The molecule has 10 rings (SSSR count). The van der Waals surface area contributed by atoms with Crippen molar-refractivity contribution in [2.75, 3.05) is 52.8 Å². The highest BCUT2D eigenvalue weighted by Gasteiger charge is 2.17. The van der Waals surface area contributed by atoms with Crippen molar-refractivity contribution in [1.82, 2.24) is 34.9 Å². The number of nitrogen functional groups attached to an aromatic ring is 1. The number of pyridine rings is 7. The molecule has 0 bridgehead atoms. The Balaban J connectivity index is 0.000000316. The van der Waals surface area contributed by atoms with Gasteiger partial charge in [0.25, 0.3) is 0 Å². The number of aromatic nitrogens is 7. The van der Waals surface area contributed by atoms with Crippen molar-refractivity contribution >= 4 is 99.1 Å². The number of nitrogens with zero attached hydrogens (tertiary/aromatic N) is 8. The highest BCUT2D eigenvalue weighted by atomic mass is 35.5. The Labute approximate surface area is 613 Å². The average molecular weight is 1490 g/mol. The molecule has 0 aliphatic heterocycles. The van der Waals surface area contributed by atoms with Gasteiger partial charge in [0.15, 0.2) is 66.1 Å². The van der Waals surface area contributed by atoms with Crippen molar-refractivity contribution in [1.29, 1.82) is 0 Å². The fourth-order valence-electron chi connectivity index (χ4n) is 8.52. The molecule has 546 valence electrons. The summed E-state index contributed by atoms with van der Waals surface area (Å²) < 4.78 is 62.0. The minimum atomic E-state index is -0.484. The summed E-state index contributed by atoms with van der Waals surface area (Å²) in [6, 6.07) is 25.6. The molecule has 0 radical (unpaired) electrons. The number of methoxy groups -OCH3 is 3. The van der Waals surface area contributed by atoms with E-state index in [1.54, 1.807) is 81.6 Å². The Bertz CT molecular complexity index is 4140. The first-order chi connectivity index (χ1) is 48.9. The molecular formula is C74H86Cl4F2N10O12. The van der Waals surface area contributed by atoms with Gasteiger partial charge in [-0.3, -0.25) is 39.5 Å². The molecule has 6 N–H and O–H groups in total. The highest BCUT2D eigenvalue weighted by molar-refractivity contribution is 6.31. The number of hydrogen-bond acceptors (Lipinski definition) is 22. The van der Waals surface area contributed by atoms with Crippen LogP contribution in [-0.4, -0.2) is 111 Å². The van der Waals surface area contributed by atoms with E-state index in [1.807, 2.05) is 32.0 Å². The van der Waals surface area contributed by atoms with Gasteiger partial charge in [0, 0.05) is 87.6 Å². The third-order valence-corrected chi connectivity index (χ3v) is 14.4. The first kappa shape index (κ1) is 86.6. The SMILES string of the molecule is C.CCCc1nccc(C=Nc2ccc(F)c(Cl)c2)c1O.CCCc1nccc(C=O)c1O.CCCc1nccc(C=O)c1OCOC.CCCc1nccc2c(Nc3ccc(F)c(Cl)c3)c(N)oc12.CCCc1ncccc1OCOC.COCOc1cccnc1Cl.Oc1cccnc1Cl. The van der Waals surface area contributed by atoms with E-state index in [4.69, 9.17) is 90.1 Å². The van der Waals surface area contributed by atoms with Crippen LogP contribution in [0.4, 0.5) is 31.7 Å². The van der Waals surface area contributed by atoms with Crippen LogP contribution >= 0.6 is 46.4 Å². The molecule has 0 amide bonds. The number of carbonyl (C=O) groups excluding carboxylic acids is 2. The molecule has 2 aromatic carbocycles. The summed E-state index contributed by atoms with van der Waals surface area (Å²) in [5.74, 6) is 1.39. The lowest BCUT2D eigenvalue weighted by Gasteiger charge is -2.10. The number of halogens is 6. The number of nitrogens with two attached hydrogens (primary N) is 1. The van der Waals surface area contributed by atoms with Crippen molar-refractivity contribution in [3.63, 3.8) is 0 Å². The van der Waals surface area contributed by atoms with Crippen LogP contribution in [0, 0.1) is 11.6 Å². The van der Waals surface area contributed by atoms with Crippen LogP contribution in [0.1, 0.15) is 129 Å². The number of nitrogens with one attached hydrogen (secondary N) is 1. The molecule has 0 atom stereocenters. The van der Waals surface area contributed by atoms with Crippen LogP contribution in [0.15, 0.2) is 150 Å². The summed E-state index contributed by atoms with van der Waals surface area (Å²) in [4.78, 5) is 53.6. The number of aldehydes is 2. The van der Waals surface area contributed by atoms with Gasteiger partial charge in [-0.25, -0.2) is 18.7 Å². The Morgan fingerprint density at radius 1 is 0.520 bits per heavy atom. The molecule has 22 nitrogen and oxygen atoms in total. The van der Waals surface area contributed by atoms with E-state index in [0.29, 0.717) is 86.5 Å². The van der Waals surface area contributed by atoms with Crippen molar-refractivity contribution < 1.29 is 66.5 Å². The number of ether oxygens (including phenoxy) is 6. The minimum Gasteiger partial charge on any atom is -0.505 e. The number of aromatic hydroxyl groups is 3. The van der Waals surface area contributed by atoms with E-state index in [1.165, 1.54) is 68.2 Å². The number of anilines is 3. The van der Waals surface area contributed by atoms with Crippen molar-refractivity contribution in [2.45, 2.75) is 106 Å². The predicted molar refractivity (Wildman–Crippen MR) is 397 cm³/mol. The fourth-order valence-corrected chi connectivity index (χ4v) is 9.16. The minimum absolute atomic E-state index is 0. The van der Waals surface area contributed by atoms with Crippen LogP contribution < -0.4 is 25.3 Å². The number of aliphatic imine (C=N–C) groups is 1. The van der Waals surface area contributed by atoms with Crippen LogP contribution in [-0.2, 0) is 46.3 Å². The predicted octanol–water partition coefficient (Wildman–Crippen LogP) is 18.4. The lowest BCUT2D eigenvalue weighted by Crippen LogP contribution is -2.06. The Morgan fingerprint density at radius 2 is 0.980 bits per heavy atom. The summed E-state index contributed by atoms with van der Waals surface area (Å²) in [6.07, 6.45) is 23.1. The zero-order chi connectivity index (χ0) is 73.9. The van der Waals surface area contributed by atoms with Gasteiger partial charge in [0.1, 0.15) is 34.6 Å². The number of furan rings is 1. The van der Waals surface area contributed by atoms with Crippen molar-refractivity contribution in [3.05, 3.63) is 218 Å². The van der Waals surface area contributed by atoms with Crippen molar-refractivity contribution in [2.24, 2.45) is 4.99 Å². The first-order valence-electron chi connectivity index (χ1n) is 31.6. The summed E-state index contributed by atoms with van der Waals surface area (Å²) in [7, 11) is 4.69. The van der Waals surface area contributed by atoms with E-state index in [9.17, 15) is 28.6 Å². The second-order valence-electron chi connectivity index (χ2n) is 20.8. The number of hydrogen-bond donors (Lipinski definition) is 5. The van der Waals surface area contributed by atoms with Gasteiger partial charge < -0.3 is 59.2 Å². The maximum absolute atomic E-state index is 13.2. The molecule has 0 saturated heterocycles. The van der Waals surface area contributed by atoms with Gasteiger partial charge in [-0.15, -0.1) is 0 Å². The van der Waals surface area contributed by atoms with Gasteiger partial charge >= 0.3 is 0 Å². The Kier molecular flexibility index (Phi) is 41.6. The fraction of sp³-hybridized carbons (Fsp3) is 0.297. The topological polar surface area (TPSA) is 304 Å². The Morgan fingerprint density at radius 3 is 1.53 bits per heavy atom. The summed E-state index contributed by atoms with van der Waals surface area (Å²) in [5, 5.41) is 32.7. The number of fused-ring (bicyclic) bond motifs is 1. The maximum Gasteiger partial charge on any atom is 0.215 e. The molecule has 0 spiro atoms. The number of carbonyl (C=O) groups is 2. The molecule has 0 fully saturated rings. The molecule has 102 heavy (non-hydrogen) atoms. The lowest BCUT2D eigenvalue weighted by molar-refractivity contribution is 0.0494. The number of rotatable bonds is 25. The highest BCUT2D eigenvalue weighted by Crippen LogP contribution is 2.37. The molecule has 8 heterocycles. The van der Waals surface area contributed by atoms with Gasteiger partial charge in [-0.05, 0) is 129 Å². The van der Waals surface area contributed by atoms with E-state index >= 15 is 0 Å². The van der Waals surface area contributed by atoms with Crippen LogP contribution in [0.2, 0.25) is 20.4 Å². The second kappa shape index (κ2) is 49.0. The quantitative estimate of drug-likeness (QED) is 0.0154. The molecule has 8 aromatic heterocycles. The van der Waals surface area contributed by atoms with Crippen molar-refractivity contribution in [3.8, 4) is 34.5 Å². The van der Waals surface area contributed by atoms with Gasteiger partial charge in [-0.1, -0.05) is 121 Å². The Hall–Kier alpha value is -9.66. The molecule has 28 heteroatoms. The average Bonchev–Trinajstić information content (AvgIpc) is 1.64. The lowest BCUT2D eigenvalue weighted by atomic mass is 10.1. The first-order valence-corrected chi connectivity index (χ1v) is 33.2. The van der Waals surface area contributed by atoms with Crippen LogP contribution in [0.5, 0.6) is 34.5 Å². The van der Waals surface area contributed by atoms with E-state index in [0.717, 1.165) is 85.9 Å². The summed E-state index contributed by atoms with van der Waals surface area (Å²) >= 11 is 22.5. The van der Waals surface area contributed by atoms with E-state index < -0.39 is 11.6 Å². The van der Waals surface area contributed by atoms with Gasteiger partial charge in [-0.2, -0.15) is 0 Å². The van der Waals surface area contributed by atoms with Crippen LogP contribution in [0.25, 0.3) is 11.0 Å². The maximum atomic E-state index is 13.2. The monoisotopic (exact) mass is 1480 g/mol. The van der Waals surface area contributed by atoms with E-state index in [-0.39, 0.29) is 66.1 Å². The zero-order valence-corrected chi connectivity index (χ0v) is 60.2. The zero-order valence-electron chi connectivity index (χ0n) is 57.1. The van der Waals surface area contributed by atoms with E-state index in [2.05, 4.69) is 66.0 Å². The third kappa shape index (κ3) is 29.1. The molecular weight excluding hydrogens is 1400 g/mol. The second-order valence-corrected chi connectivity index (χ2v) is 22.4. The molecule has 10 aromatic rings. The van der Waals surface area contributed by atoms with Crippen LogP contribution in [0.3, 0.4) is 0 Å². The third-order valence-electron chi connectivity index (χ3n) is 13.2. The number of benzene rings is 2. The molecule has 0 aliphatic carbocycles.